The number of rotatable bonds is 1. The van der Waals surface area contributed by atoms with E-state index in [1.54, 1.807) is 6.20 Å². The summed E-state index contributed by atoms with van der Waals surface area (Å²) in [7, 11) is 0. The highest BCUT2D eigenvalue weighted by atomic mass is 79.9. The van der Waals surface area contributed by atoms with Gasteiger partial charge in [0.15, 0.2) is 0 Å². The number of nitrogens with zero attached hydrogens (tertiary/aromatic N) is 1. The summed E-state index contributed by atoms with van der Waals surface area (Å²) in [6, 6.07) is 9.57. The van der Waals surface area contributed by atoms with E-state index in [0.29, 0.717) is 0 Å². The van der Waals surface area contributed by atoms with Gasteiger partial charge in [-0.25, -0.2) is 0 Å². The van der Waals surface area contributed by atoms with Crippen molar-refractivity contribution in [3.8, 4) is 11.3 Å². The fourth-order valence-electron chi connectivity index (χ4n) is 1.23. The Kier molecular flexibility index (Phi) is 3.44. The van der Waals surface area contributed by atoms with Gasteiger partial charge >= 0.3 is 0 Å². The van der Waals surface area contributed by atoms with E-state index in [4.69, 9.17) is 11.6 Å². The molecule has 1 nitrogen and oxygen atoms in total. The van der Waals surface area contributed by atoms with Crippen LogP contribution in [0, 0.1) is 0 Å². The largest absolute Gasteiger partial charge is 0.254 e. The molecule has 0 aliphatic rings. The molecule has 0 unspecified atom stereocenters. The lowest BCUT2D eigenvalue weighted by molar-refractivity contribution is 1.29. The highest BCUT2D eigenvalue weighted by Crippen LogP contribution is 2.28. The molecule has 0 spiro atoms. The Labute approximate surface area is 110 Å². The number of hydrogen-bond acceptors (Lipinski definition) is 1. The Morgan fingerprint density at radius 2 is 1.73 bits per heavy atom. The van der Waals surface area contributed by atoms with Gasteiger partial charge in [-0.2, -0.15) is 0 Å². The molecule has 0 saturated heterocycles. The van der Waals surface area contributed by atoms with E-state index in [2.05, 4.69) is 36.8 Å². The topological polar surface area (TPSA) is 12.9 Å². The van der Waals surface area contributed by atoms with Crippen molar-refractivity contribution in [1.82, 2.24) is 4.98 Å². The zero-order chi connectivity index (χ0) is 10.8. The van der Waals surface area contributed by atoms with E-state index in [1.807, 2.05) is 30.3 Å². The molecule has 0 aliphatic carbocycles. The number of aromatic nitrogens is 1. The average molecular weight is 347 g/mol. The minimum Gasteiger partial charge on any atom is -0.254 e. The van der Waals surface area contributed by atoms with Crippen molar-refractivity contribution < 1.29 is 0 Å². The fraction of sp³-hybridized carbons (Fsp3) is 0. The molecule has 0 fully saturated rings. The predicted octanol–water partition coefficient (Wildman–Crippen LogP) is 4.93. The molecule has 15 heavy (non-hydrogen) atoms. The quantitative estimate of drug-likeness (QED) is 0.713. The molecule has 1 heterocycles. The number of halogens is 3. The van der Waals surface area contributed by atoms with Crippen molar-refractivity contribution in [3.05, 3.63) is 50.5 Å². The second kappa shape index (κ2) is 4.64. The van der Waals surface area contributed by atoms with Crippen molar-refractivity contribution in [1.29, 1.82) is 0 Å². The smallest absolute Gasteiger partial charge is 0.0844 e. The minimum absolute atomic E-state index is 0.729. The van der Waals surface area contributed by atoms with Crippen LogP contribution in [0.25, 0.3) is 11.3 Å². The van der Waals surface area contributed by atoms with Crippen LogP contribution < -0.4 is 0 Å². The lowest BCUT2D eigenvalue weighted by Gasteiger charge is -2.03. The van der Waals surface area contributed by atoms with E-state index in [-0.39, 0.29) is 0 Å². The molecule has 4 heteroatoms. The van der Waals surface area contributed by atoms with Gasteiger partial charge in [-0.15, -0.1) is 0 Å². The third-order valence-electron chi connectivity index (χ3n) is 1.93. The number of pyridine rings is 1. The zero-order valence-corrected chi connectivity index (χ0v) is 11.5. The second-order valence-corrected chi connectivity index (χ2v) is 5.20. The van der Waals surface area contributed by atoms with Gasteiger partial charge in [-0.05, 0) is 50.1 Å². The van der Waals surface area contributed by atoms with Crippen LogP contribution in [0.2, 0.25) is 5.02 Å². The molecule has 0 N–H and O–H groups in total. The Hall–Kier alpha value is -0.380. The monoisotopic (exact) mass is 345 g/mol. The normalized spacial score (nSPS) is 10.3. The lowest BCUT2D eigenvalue weighted by Crippen LogP contribution is -1.84. The summed E-state index contributed by atoms with van der Waals surface area (Å²) in [5, 5.41) is 0.729. The van der Waals surface area contributed by atoms with Crippen molar-refractivity contribution in [2.75, 3.05) is 0 Å². The minimum atomic E-state index is 0.729. The van der Waals surface area contributed by atoms with Gasteiger partial charge in [-0.3, -0.25) is 4.98 Å². The second-order valence-electron chi connectivity index (χ2n) is 2.99. The standard InChI is InChI=1S/C11H6Br2ClN/c12-8-5-10(13)11(15-6-8)7-1-3-9(14)4-2-7/h1-6H. The van der Waals surface area contributed by atoms with Crippen LogP contribution in [0.15, 0.2) is 45.5 Å². The molecular formula is C11H6Br2ClN. The first-order valence-electron chi connectivity index (χ1n) is 4.24. The van der Waals surface area contributed by atoms with E-state index in [0.717, 1.165) is 25.2 Å². The van der Waals surface area contributed by atoms with Crippen LogP contribution in [0.5, 0.6) is 0 Å². The lowest BCUT2D eigenvalue weighted by atomic mass is 10.1. The molecule has 1 aromatic heterocycles. The van der Waals surface area contributed by atoms with Gasteiger partial charge in [-0.1, -0.05) is 23.7 Å². The van der Waals surface area contributed by atoms with Crippen molar-refractivity contribution >= 4 is 43.5 Å². The van der Waals surface area contributed by atoms with E-state index in [9.17, 15) is 0 Å². The van der Waals surface area contributed by atoms with Crippen LogP contribution in [-0.2, 0) is 0 Å². The van der Waals surface area contributed by atoms with E-state index >= 15 is 0 Å². The highest BCUT2D eigenvalue weighted by molar-refractivity contribution is 9.11. The van der Waals surface area contributed by atoms with Crippen LogP contribution in [0.3, 0.4) is 0 Å². The summed E-state index contributed by atoms with van der Waals surface area (Å²) in [6.07, 6.45) is 1.77. The van der Waals surface area contributed by atoms with E-state index in [1.165, 1.54) is 0 Å². The fourth-order valence-corrected chi connectivity index (χ4v) is 2.58. The first-order chi connectivity index (χ1) is 7.16. The predicted molar refractivity (Wildman–Crippen MR) is 70.1 cm³/mol. The van der Waals surface area contributed by atoms with E-state index < -0.39 is 0 Å². The third kappa shape index (κ3) is 2.60. The van der Waals surface area contributed by atoms with Gasteiger partial charge in [0.05, 0.1) is 5.69 Å². The molecule has 76 valence electrons. The summed E-state index contributed by atoms with van der Waals surface area (Å²) in [6.45, 7) is 0. The molecule has 0 atom stereocenters. The maximum Gasteiger partial charge on any atom is 0.0844 e. The summed E-state index contributed by atoms with van der Waals surface area (Å²) >= 11 is 12.7. The maximum atomic E-state index is 5.82. The average Bonchev–Trinajstić information content (AvgIpc) is 2.20. The van der Waals surface area contributed by atoms with Crippen LogP contribution >= 0.6 is 43.5 Å². The third-order valence-corrected chi connectivity index (χ3v) is 3.22. The van der Waals surface area contributed by atoms with Gasteiger partial charge in [0.1, 0.15) is 0 Å². The number of hydrogen-bond donors (Lipinski definition) is 0. The SMILES string of the molecule is Clc1ccc(-c2ncc(Br)cc2Br)cc1. The molecule has 0 amide bonds. The summed E-state index contributed by atoms with van der Waals surface area (Å²) < 4.78 is 1.91. The summed E-state index contributed by atoms with van der Waals surface area (Å²) in [4.78, 5) is 4.34. The first-order valence-corrected chi connectivity index (χ1v) is 6.20. The highest BCUT2D eigenvalue weighted by Gasteiger charge is 2.04. The van der Waals surface area contributed by atoms with Crippen molar-refractivity contribution in [2.24, 2.45) is 0 Å². The Bertz CT molecular complexity index is 482. The number of benzene rings is 1. The van der Waals surface area contributed by atoms with Crippen LogP contribution in [-0.4, -0.2) is 4.98 Å². The maximum absolute atomic E-state index is 5.82. The molecule has 0 radical (unpaired) electrons. The first kappa shape index (κ1) is 11.1. The molecule has 0 saturated carbocycles. The molecule has 2 rings (SSSR count). The van der Waals surface area contributed by atoms with Crippen LogP contribution in [0.1, 0.15) is 0 Å². The zero-order valence-electron chi connectivity index (χ0n) is 7.55. The van der Waals surface area contributed by atoms with Gasteiger partial charge in [0, 0.05) is 25.7 Å². The van der Waals surface area contributed by atoms with Crippen LogP contribution in [0.4, 0.5) is 0 Å². The molecular weight excluding hydrogens is 341 g/mol. The summed E-state index contributed by atoms with van der Waals surface area (Å²) in [5.41, 5.74) is 1.95. The van der Waals surface area contributed by atoms with Crippen molar-refractivity contribution in [3.63, 3.8) is 0 Å². The van der Waals surface area contributed by atoms with Crippen molar-refractivity contribution in [2.45, 2.75) is 0 Å². The Morgan fingerprint density at radius 3 is 2.33 bits per heavy atom. The Balaban J connectivity index is 2.49. The molecule has 0 bridgehead atoms. The van der Waals surface area contributed by atoms with Gasteiger partial charge in [0.2, 0.25) is 0 Å². The molecule has 2 aromatic rings. The summed E-state index contributed by atoms with van der Waals surface area (Å²) in [5.74, 6) is 0. The molecule has 0 aliphatic heterocycles. The molecule has 1 aromatic carbocycles. The van der Waals surface area contributed by atoms with Gasteiger partial charge in [0.25, 0.3) is 0 Å². The Morgan fingerprint density at radius 1 is 1.07 bits per heavy atom. The van der Waals surface area contributed by atoms with Gasteiger partial charge < -0.3 is 0 Å².